The van der Waals surface area contributed by atoms with Crippen LogP contribution in [0.4, 0.5) is 4.79 Å². The highest BCUT2D eigenvalue weighted by atomic mass is 16.5. The van der Waals surface area contributed by atoms with E-state index in [0.29, 0.717) is 12.8 Å². The van der Waals surface area contributed by atoms with Crippen LogP contribution in [0.1, 0.15) is 57.6 Å². The number of hydrogen-bond donors (Lipinski definition) is 3. The number of nitrogens with one attached hydrogen (secondary N) is 2. The Morgan fingerprint density at radius 2 is 1.56 bits per heavy atom. The van der Waals surface area contributed by atoms with Crippen molar-refractivity contribution in [3.05, 3.63) is 59.7 Å². The number of carbonyl (C=O) groups excluding carboxylic acids is 2. The zero-order chi connectivity index (χ0) is 24.9. The van der Waals surface area contributed by atoms with Crippen LogP contribution in [0.5, 0.6) is 0 Å². The molecule has 0 fully saturated rings. The molecule has 34 heavy (non-hydrogen) atoms. The Kier molecular flexibility index (Phi) is 7.97. The van der Waals surface area contributed by atoms with Gasteiger partial charge in [0.15, 0.2) is 0 Å². The van der Waals surface area contributed by atoms with E-state index < -0.39 is 29.9 Å². The number of carbonyl (C=O) groups is 3. The Hall–Kier alpha value is -3.35. The van der Waals surface area contributed by atoms with Gasteiger partial charge < -0.3 is 20.5 Å². The molecule has 0 heterocycles. The number of aliphatic carboxylic acids is 1. The van der Waals surface area contributed by atoms with Gasteiger partial charge in [-0.25, -0.2) is 9.59 Å². The van der Waals surface area contributed by atoms with E-state index in [1.807, 2.05) is 57.2 Å². The van der Waals surface area contributed by atoms with Crippen LogP contribution in [-0.4, -0.2) is 42.3 Å². The Balaban J connectivity index is 1.49. The topological polar surface area (TPSA) is 105 Å². The molecule has 0 aromatic heterocycles. The summed E-state index contributed by atoms with van der Waals surface area (Å²) in [7, 11) is 0. The third-order valence-corrected chi connectivity index (χ3v) is 6.14. The molecule has 0 bridgehead atoms. The molecule has 2 aromatic carbocycles. The maximum atomic E-state index is 12.5. The highest BCUT2D eigenvalue weighted by Gasteiger charge is 2.29. The predicted molar refractivity (Wildman–Crippen MR) is 130 cm³/mol. The number of alkyl carbamates (subject to hydrolysis) is 1. The maximum Gasteiger partial charge on any atom is 0.407 e. The lowest BCUT2D eigenvalue weighted by Gasteiger charge is -2.23. The molecule has 1 aliphatic rings. The molecule has 2 amide bonds. The van der Waals surface area contributed by atoms with E-state index in [9.17, 15) is 19.5 Å². The van der Waals surface area contributed by atoms with Gasteiger partial charge in [0, 0.05) is 12.5 Å². The van der Waals surface area contributed by atoms with Crippen LogP contribution in [0.15, 0.2) is 48.5 Å². The molecule has 0 spiro atoms. The van der Waals surface area contributed by atoms with Gasteiger partial charge in [-0.2, -0.15) is 0 Å². The number of ether oxygens (including phenoxy) is 1. The van der Waals surface area contributed by atoms with Crippen LogP contribution in [0.2, 0.25) is 0 Å². The monoisotopic (exact) mass is 466 g/mol. The second-order valence-corrected chi connectivity index (χ2v) is 10.1. The number of benzene rings is 2. The second kappa shape index (κ2) is 10.7. The van der Waals surface area contributed by atoms with Crippen molar-refractivity contribution in [2.75, 3.05) is 13.2 Å². The molecule has 3 N–H and O–H groups in total. The summed E-state index contributed by atoms with van der Waals surface area (Å²) in [5, 5.41) is 14.6. The molecular formula is C27H34N2O5. The fourth-order valence-electron chi connectivity index (χ4n) is 4.13. The molecule has 2 atom stereocenters. The first-order valence-electron chi connectivity index (χ1n) is 11.7. The van der Waals surface area contributed by atoms with E-state index in [0.717, 1.165) is 22.3 Å². The average molecular weight is 467 g/mol. The van der Waals surface area contributed by atoms with Gasteiger partial charge in [0.05, 0.1) is 5.92 Å². The minimum absolute atomic E-state index is 0.0320. The SMILES string of the molecule is CC(CNC(=O)OCC1c2ccccc2-c2ccccc21)C(=O)NC(CCC(C)(C)C)C(=O)O. The van der Waals surface area contributed by atoms with Crippen molar-refractivity contribution < 1.29 is 24.2 Å². The van der Waals surface area contributed by atoms with Gasteiger partial charge in [-0.05, 0) is 40.5 Å². The number of rotatable bonds is 9. The zero-order valence-corrected chi connectivity index (χ0v) is 20.3. The quantitative estimate of drug-likeness (QED) is 0.503. The lowest BCUT2D eigenvalue weighted by Crippen LogP contribution is -2.46. The summed E-state index contributed by atoms with van der Waals surface area (Å²) in [6.45, 7) is 7.95. The molecule has 2 aromatic rings. The second-order valence-electron chi connectivity index (χ2n) is 10.1. The molecule has 7 nitrogen and oxygen atoms in total. The number of fused-ring (bicyclic) bond motifs is 3. The smallest absolute Gasteiger partial charge is 0.407 e. The minimum Gasteiger partial charge on any atom is -0.480 e. The van der Waals surface area contributed by atoms with Crippen molar-refractivity contribution in [3.63, 3.8) is 0 Å². The molecular weight excluding hydrogens is 432 g/mol. The van der Waals surface area contributed by atoms with E-state index in [-0.39, 0.29) is 24.5 Å². The lowest BCUT2D eigenvalue weighted by molar-refractivity contribution is -0.142. The fourth-order valence-corrected chi connectivity index (χ4v) is 4.13. The standard InChI is InChI=1S/C27H34N2O5/c1-17(24(30)29-23(25(31)32)13-14-27(2,3)4)15-28-26(33)34-16-22-20-11-7-5-9-18(20)19-10-6-8-12-21(19)22/h5-12,17,22-23H,13-16H2,1-4H3,(H,28,33)(H,29,30)(H,31,32). The number of amides is 2. The van der Waals surface area contributed by atoms with Crippen LogP contribution < -0.4 is 10.6 Å². The molecule has 0 saturated carbocycles. The van der Waals surface area contributed by atoms with Gasteiger partial charge >= 0.3 is 12.1 Å². The van der Waals surface area contributed by atoms with E-state index in [1.165, 1.54) is 0 Å². The molecule has 182 valence electrons. The Morgan fingerprint density at radius 3 is 2.09 bits per heavy atom. The van der Waals surface area contributed by atoms with E-state index in [4.69, 9.17) is 4.74 Å². The number of hydrogen-bond acceptors (Lipinski definition) is 4. The van der Waals surface area contributed by atoms with Gasteiger partial charge in [0.2, 0.25) is 5.91 Å². The summed E-state index contributed by atoms with van der Waals surface area (Å²) in [6.07, 6.45) is 0.400. The molecule has 1 aliphatic carbocycles. The highest BCUT2D eigenvalue weighted by molar-refractivity contribution is 5.85. The Labute approximate surface area is 200 Å². The van der Waals surface area contributed by atoms with Gasteiger partial charge in [0.1, 0.15) is 12.6 Å². The molecule has 0 radical (unpaired) electrons. The molecule has 7 heteroatoms. The average Bonchev–Trinajstić information content (AvgIpc) is 3.11. The Bertz CT molecular complexity index is 998. The summed E-state index contributed by atoms with van der Waals surface area (Å²) in [5.74, 6) is -2.12. The van der Waals surface area contributed by atoms with Crippen molar-refractivity contribution in [1.82, 2.24) is 10.6 Å². The summed E-state index contributed by atoms with van der Waals surface area (Å²) in [4.78, 5) is 36.3. The van der Waals surface area contributed by atoms with E-state index in [1.54, 1.807) is 6.92 Å². The Morgan fingerprint density at radius 1 is 1.00 bits per heavy atom. The normalized spacial score (nSPS) is 14.5. The van der Waals surface area contributed by atoms with Crippen LogP contribution >= 0.6 is 0 Å². The first-order valence-corrected chi connectivity index (χ1v) is 11.7. The van der Waals surface area contributed by atoms with Crippen molar-refractivity contribution >= 4 is 18.0 Å². The van der Waals surface area contributed by atoms with Gasteiger partial charge in [0.25, 0.3) is 0 Å². The van der Waals surface area contributed by atoms with Crippen LogP contribution in [-0.2, 0) is 14.3 Å². The van der Waals surface area contributed by atoms with Crippen LogP contribution in [0.3, 0.4) is 0 Å². The van der Waals surface area contributed by atoms with Crippen molar-refractivity contribution in [2.24, 2.45) is 11.3 Å². The largest absolute Gasteiger partial charge is 0.480 e. The number of carboxylic acid groups (broad SMARTS) is 1. The molecule has 2 unspecified atom stereocenters. The molecule has 0 saturated heterocycles. The minimum atomic E-state index is -1.06. The fraction of sp³-hybridized carbons (Fsp3) is 0.444. The maximum absolute atomic E-state index is 12.5. The van der Waals surface area contributed by atoms with Crippen LogP contribution in [0.25, 0.3) is 11.1 Å². The van der Waals surface area contributed by atoms with E-state index in [2.05, 4.69) is 22.8 Å². The summed E-state index contributed by atoms with van der Waals surface area (Å²) < 4.78 is 5.49. The van der Waals surface area contributed by atoms with Crippen molar-refractivity contribution in [3.8, 4) is 11.1 Å². The number of carboxylic acids is 1. The highest BCUT2D eigenvalue weighted by Crippen LogP contribution is 2.44. The van der Waals surface area contributed by atoms with Gasteiger partial charge in [-0.15, -0.1) is 0 Å². The van der Waals surface area contributed by atoms with Crippen LogP contribution in [0, 0.1) is 11.3 Å². The van der Waals surface area contributed by atoms with Gasteiger partial charge in [-0.1, -0.05) is 76.2 Å². The van der Waals surface area contributed by atoms with Crippen molar-refractivity contribution in [1.29, 1.82) is 0 Å². The summed E-state index contributed by atoms with van der Waals surface area (Å²) in [5.41, 5.74) is 4.52. The van der Waals surface area contributed by atoms with E-state index >= 15 is 0 Å². The first-order chi connectivity index (χ1) is 16.1. The third-order valence-electron chi connectivity index (χ3n) is 6.14. The first kappa shape index (κ1) is 25.3. The molecule has 0 aliphatic heterocycles. The van der Waals surface area contributed by atoms with Crippen molar-refractivity contribution in [2.45, 2.75) is 52.5 Å². The zero-order valence-electron chi connectivity index (χ0n) is 20.3. The summed E-state index contributed by atoms with van der Waals surface area (Å²) in [6, 6.07) is 15.2. The molecule has 3 rings (SSSR count). The third kappa shape index (κ3) is 6.37. The lowest BCUT2D eigenvalue weighted by atomic mass is 9.88. The van der Waals surface area contributed by atoms with Gasteiger partial charge in [-0.3, -0.25) is 4.79 Å². The summed E-state index contributed by atoms with van der Waals surface area (Å²) >= 11 is 0. The predicted octanol–water partition coefficient (Wildman–Crippen LogP) is 4.56.